The van der Waals surface area contributed by atoms with E-state index in [1.165, 1.54) is 43.2 Å². The molecule has 0 unspecified atom stereocenters. The summed E-state index contributed by atoms with van der Waals surface area (Å²) in [6.07, 6.45) is 7.50. The van der Waals surface area contributed by atoms with E-state index in [9.17, 15) is 4.79 Å². The number of nitrogens with two attached hydrogens (primary N) is 1. The van der Waals surface area contributed by atoms with E-state index in [4.69, 9.17) is 5.73 Å². The lowest BCUT2D eigenvalue weighted by Crippen LogP contribution is -2.11. The summed E-state index contributed by atoms with van der Waals surface area (Å²) in [4.78, 5) is 12.0. The molecule has 0 atom stereocenters. The fourth-order valence-electron chi connectivity index (χ4n) is 3.89. The molecular weight excluding hydrogens is 308 g/mol. The van der Waals surface area contributed by atoms with Gasteiger partial charge in [0.05, 0.1) is 0 Å². The van der Waals surface area contributed by atoms with Crippen LogP contribution >= 0.6 is 0 Å². The highest BCUT2D eigenvalue weighted by Crippen LogP contribution is 2.37. The summed E-state index contributed by atoms with van der Waals surface area (Å²) in [5.41, 5.74) is 10.1. The number of carbonyl (C=O) groups is 1. The Labute approximate surface area is 148 Å². The first-order valence-electron chi connectivity index (χ1n) is 9.52. The molecule has 0 radical (unpaired) electrons. The highest BCUT2D eigenvalue weighted by molar-refractivity contribution is 6.17. The van der Waals surface area contributed by atoms with Crippen molar-refractivity contribution in [3.63, 3.8) is 0 Å². The number of amides is 1. The van der Waals surface area contributed by atoms with Gasteiger partial charge in [-0.3, -0.25) is 4.79 Å². The lowest BCUT2D eigenvalue weighted by molar-refractivity contribution is 0.100. The molecule has 1 aromatic heterocycles. The number of rotatable bonds is 7. The Kier molecular flexibility index (Phi) is 4.24. The normalized spacial score (nSPS) is 14.4. The van der Waals surface area contributed by atoms with E-state index in [-0.39, 0.29) is 5.91 Å². The van der Waals surface area contributed by atoms with Gasteiger partial charge in [0, 0.05) is 33.9 Å². The van der Waals surface area contributed by atoms with E-state index in [1.807, 2.05) is 12.1 Å². The lowest BCUT2D eigenvalue weighted by Gasteiger charge is -2.08. The first kappa shape index (κ1) is 16.2. The maximum absolute atomic E-state index is 12.0. The summed E-state index contributed by atoms with van der Waals surface area (Å²) in [7, 11) is 0. The molecule has 1 amide bonds. The zero-order valence-corrected chi connectivity index (χ0v) is 14.9. The van der Waals surface area contributed by atoms with Gasteiger partial charge < -0.3 is 10.3 Å². The van der Waals surface area contributed by atoms with Gasteiger partial charge in [-0.25, -0.2) is 0 Å². The van der Waals surface area contributed by atoms with Crippen LogP contribution in [0.5, 0.6) is 0 Å². The van der Waals surface area contributed by atoms with Crippen molar-refractivity contribution in [1.82, 2.24) is 4.57 Å². The SMILES string of the molecule is CCCCCc1ccc2c3c(C(N)=O)cccc3n(CC3CC3)c2c1. The third-order valence-corrected chi connectivity index (χ3v) is 5.43. The van der Waals surface area contributed by atoms with Crippen LogP contribution in [0, 0.1) is 5.92 Å². The molecular formula is C22H26N2O. The van der Waals surface area contributed by atoms with Gasteiger partial charge in [0.2, 0.25) is 5.91 Å². The molecule has 3 aromatic rings. The Bertz CT molecular complexity index is 934. The van der Waals surface area contributed by atoms with E-state index in [1.54, 1.807) is 0 Å². The summed E-state index contributed by atoms with van der Waals surface area (Å²) in [6, 6.07) is 12.7. The summed E-state index contributed by atoms with van der Waals surface area (Å²) >= 11 is 0. The molecule has 3 heteroatoms. The number of nitrogens with zero attached hydrogens (tertiary/aromatic N) is 1. The third kappa shape index (κ3) is 3.04. The van der Waals surface area contributed by atoms with E-state index in [0.717, 1.165) is 35.2 Å². The maximum Gasteiger partial charge on any atom is 0.249 e. The second-order valence-electron chi connectivity index (χ2n) is 7.43. The molecule has 1 fully saturated rings. The van der Waals surface area contributed by atoms with Crippen molar-refractivity contribution in [2.45, 2.75) is 52.0 Å². The van der Waals surface area contributed by atoms with Gasteiger partial charge in [0.1, 0.15) is 0 Å². The number of carbonyl (C=O) groups excluding carboxylic acids is 1. The van der Waals surface area contributed by atoms with Gasteiger partial charge in [-0.15, -0.1) is 0 Å². The fourth-order valence-corrected chi connectivity index (χ4v) is 3.89. The van der Waals surface area contributed by atoms with Crippen molar-refractivity contribution < 1.29 is 4.79 Å². The zero-order chi connectivity index (χ0) is 17.4. The van der Waals surface area contributed by atoms with Gasteiger partial charge in [-0.1, -0.05) is 38.0 Å². The molecule has 2 N–H and O–H groups in total. The van der Waals surface area contributed by atoms with Crippen molar-refractivity contribution in [3.8, 4) is 0 Å². The molecule has 1 saturated carbocycles. The lowest BCUT2D eigenvalue weighted by atomic mass is 10.0. The van der Waals surface area contributed by atoms with Crippen molar-refractivity contribution in [2.24, 2.45) is 11.7 Å². The smallest absolute Gasteiger partial charge is 0.249 e. The van der Waals surface area contributed by atoms with Crippen molar-refractivity contribution >= 4 is 27.7 Å². The van der Waals surface area contributed by atoms with Crippen LogP contribution in [0.4, 0.5) is 0 Å². The Hall–Kier alpha value is -2.29. The third-order valence-electron chi connectivity index (χ3n) is 5.43. The number of benzene rings is 2. The molecule has 2 aromatic carbocycles. The van der Waals surface area contributed by atoms with Crippen LogP contribution in [0.15, 0.2) is 36.4 Å². The van der Waals surface area contributed by atoms with Gasteiger partial charge in [-0.05, 0) is 55.4 Å². The van der Waals surface area contributed by atoms with Crippen LogP contribution in [0.3, 0.4) is 0 Å². The van der Waals surface area contributed by atoms with E-state index in [0.29, 0.717) is 5.56 Å². The second-order valence-corrected chi connectivity index (χ2v) is 7.43. The van der Waals surface area contributed by atoms with Crippen LogP contribution in [0.1, 0.15) is 54.9 Å². The van der Waals surface area contributed by atoms with Crippen molar-refractivity contribution in [3.05, 3.63) is 47.5 Å². The minimum absolute atomic E-state index is 0.344. The zero-order valence-electron chi connectivity index (χ0n) is 14.9. The van der Waals surface area contributed by atoms with Gasteiger partial charge in [0.25, 0.3) is 0 Å². The van der Waals surface area contributed by atoms with Crippen LogP contribution in [-0.2, 0) is 13.0 Å². The highest BCUT2D eigenvalue weighted by atomic mass is 16.1. The van der Waals surface area contributed by atoms with Crippen LogP contribution in [-0.4, -0.2) is 10.5 Å². The minimum atomic E-state index is -0.344. The van der Waals surface area contributed by atoms with Crippen LogP contribution in [0.2, 0.25) is 0 Å². The molecule has 1 heterocycles. The maximum atomic E-state index is 12.0. The standard InChI is InChI=1S/C22H26N2O/c1-2-3-4-6-15-11-12-17-20(13-15)24(14-16-9-10-16)19-8-5-7-18(21(17)19)22(23)25/h5,7-8,11-13,16H,2-4,6,9-10,14H2,1H3,(H2,23,25). The Morgan fingerprint density at radius 3 is 2.72 bits per heavy atom. The number of hydrogen-bond acceptors (Lipinski definition) is 1. The number of primary amides is 1. The molecule has 4 rings (SSSR count). The molecule has 1 aliphatic rings. The monoisotopic (exact) mass is 334 g/mol. The summed E-state index contributed by atoms with van der Waals surface area (Å²) in [5.74, 6) is 0.433. The molecule has 1 aliphatic carbocycles. The van der Waals surface area contributed by atoms with Crippen molar-refractivity contribution in [1.29, 1.82) is 0 Å². The van der Waals surface area contributed by atoms with Crippen LogP contribution in [0.25, 0.3) is 21.8 Å². The average Bonchev–Trinajstić information content (AvgIpc) is 3.38. The number of fused-ring (bicyclic) bond motifs is 3. The Morgan fingerprint density at radius 1 is 1.16 bits per heavy atom. The number of aryl methyl sites for hydroxylation is 1. The fraction of sp³-hybridized carbons (Fsp3) is 0.409. The molecule has 0 saturated heterocycles. The molecule has 25 heavy (non-hydrogen) atoms. The average molecular weight is 334 g/mol. The highest BCUT2D eigenvalue weighted by Gasteiger charge is 2.24. The number of hydrogen-bond donors (Lipinski definition) is 1. The molecule has 0 spiro atoms. The Morgan fingerprint density at radius 2 is 2.00 bits per heavy atom. The Balaban J connectivity index is 1.89. The summed E-state index contributed by atoms with van der Waals surface area (Å²) in [6.45, 7) is 3.28. The summed E-state index contributed by atoms with van der Waals surface area (Å²) < 4.78 is 2.41. The quantitative estimate of drug-likeness (QED) is 0.605. The predicted octanol–water partition coefficient (Wildman–Crippen LogP) is 5.04. The summed E-state index contributed by atoms with van der Waals surface area (Å²) in [5, 5.41) is 2.18. The van der Waals surface area contributed by atoms with Gasteiger partial charge in [0.15, 0.2) is 0 Å². The minimum Gasteiger partial charge on any atom is -0.366 e. The van der Waals surface area contributed by atoms with E-state index < -0.39 is 0 Å². The molecule has 130 valence electrons. The number of unbranched alkanes of at least 4 members (excludes halogenated alkanes) is 2. The second kappa shape index (κ2) is 6.55. The first-order valence-corrected chi connectivity index (χ1v) is 9.52. The first-order chi connectivity index (χ1) is 12.2. The number of aromatic nitrogens is 1. The molecule has 0 bridgehead atoms. The topological polar surface area (TPSA) is 48.0 Å². The molecule has 0 aliphatic heterocycles. The predicted molar refractivity (Wildman–Crippen MR) is 104 cm³/mol. The molecule has 3 nitrogen and oxygen atoms in total. The van der Waals surface area contributed by atoms with Gasteiger partial charge >= 0.3 is 0 Å². The van der Waals surface area contributed by atoms with Crippen LogP contribution < -0.4 is 5.73 Å². The van der Waals surface area contributed by atoms with E-state index in [2.05, 4.69) is 35.8 Å². The largest absolute Gasteiger partial charge is 0.366 e. The van der Waals surface area contributed by atoms with Crippen molar-refractivity contribution in [2.75, 3.05) is 0 Å². The van der Waals surface area contributed by atoms with Gasteiger partial charge in [-0.2, -0.15) is 0 Å². The van der Waals surface area contributed by atoms with E-state index >= 15 is 0 Å².